The Morgan fingerprint density at radius 1 is 0.301 bits per heavy atom. The summed E-state index contributed by atoms with van der Waals surface area (Å²) in [6, 6.07) is 0. The van der Waals surface area contributed by atoms with E-state index in [1.165, 1.54) is 167 Å². The Morgan fingerprint density at radius 3 is 0.763 bits per heavy atom. The van der Waals surface area contributed by atoms with Gasteiger partial charge in [-0.05, 0) is 49.4 Å². The van der Waals surface area contributed by atoms with Crippen molar-refractivity contribution in [3.05, 3.63) is 0 Å². The van der Waals surface area contributed by atoms with E-state index < -0.39 is 97.5 Å². The zero-order valence-electron chi connectivity index (χ0n) is 60.9. The molecule has 0 saturated carbocycles. The molecule has 0 aromatic carbocycles. The van der Waals surface area contributed by atoms with Gasteiger partial charge in [-0.1, -0.05) is 319 Å². The van der Waals surface area contributed by atoms with E-state index in [4.69, 9.17) is 37.0 Å². The highest BCUT2D eigenvalue weighted by molar-refractivity contribution is 7.47. The van der Waals surface area contributed by atoms with Crippen molar-refractivity contribution in [1.29, 1.82) is 0 Å². The number of ether oxygens (including phenoxy) is 4. The summed E-state index contributed by atoms with van der Waals surface area (Å²) in [6.07, 6.45) is 47.1. The molecule has 0 fully saturated rings. The monoisotopic (exact) mass is 1370 g/mol. The standard InChI is InChI=1S/C74H144O17P2/c1-9-66(7)52-44-36-28-22-18-19-23-29-38-46-54-71(76)84-60-69(90-74(79)57-49-41-31-25-17-13-15-21-27-35-43-51-65(5)6)62-88-92(80,81)86-58-68(75)59-87-93(82,83)89-63-70(61-85-72(77)55-47-39-33-32-37-45-53-67(8)10-2)91-73(78)56-48-40-30-24-16-12-11-14-20-26-34-42-50-64(3)4/h64-70,75H,9-63H2,1-8H3,(H,80,81)(H,82,83)/t66?,67?,68-,69-,70-/m1/s1. The van der Waals surface area contributed by atoms with Crippen LogP contribution < -0.4 is 0 Å². The lowest BCUT2D eigenvalue weighted by atomic mass is 9.99. The van der Waals surface area contributed by atoms with Crippen LogP contribution in [0.4, 0.5) is 0 Å². The summed E-state index contributed by atoms with van der Waals surface area (Å²) < 4.78 is 68.5. The number of aliphatic hydroxyl groups excluding tert-OH is 1. The van der Waals surface area contributed by atoms with Crippen molar-refractivity contribution in [2.75, 3.05) is 39.6 Å². The summed E-state index contributed by atoms with van der Waals surface area (Å²) in [5.74, 6) is 0.959. The lowest BCUT2D eigenvalue weighted by Gasteiger charge is -2.21. The van der Waals surface area contributed by atoms with Crippen LogP contribution >= 0.6 is 15.6 Å². The van der Waals surface area contributed by atoms with Crippen LogP contribution in [0.5, 0.6) is 0 Å². The van der Waals surface area contributed by atoms with Gasteiger partial charge in [0.2, 0.25) is 0 Å². The number of esters is 4. The SMILES string of the molecule is CCC(C)CCCCCCCCCCCCC(=O)OC[C@H](COP(=O)(O)OC[C@@H](O)COP(=O)(O)OC[C@@H](COC(=O)CCCCCCCCC(C)CC)OC(=O)CCCCCCCCCCCCCCC(C)C)OC(=O)CCCCCCCCCCCCCC(C)C. The Labute approximate surface area is 568 Å². The normalized spacial score (nSPS) is 14.8. The molecule has 4 unspecified atom stereocenters. The number of aliphatic hydroxyl groups is 1. The molecule has 93 heavy (non-hydrogen) atoms. The van der Waals surface area contributed by atoms with E-state index in [0.717, 1.165) is 120 Å². The Balaban J connectivity index is 5.27. The summed E-state index contributed by atoms with van der Waals surface area (Å²) in [4.78, 5) is 72.7. The van der Waals surface area contributed by atoms with Crippen LogP contribution in [-0.2, 0) is 65.4 Å². The molecular weight excluding hydrogens is 1220 g/mol. The van der Waals surface area contributed by atoms with Crippen molar-refractivity contribution in [3.63, 3.8) is 0 Å². The maximum atomic E-state index is 13.1. The second-order valence-corrected chi connectivity index (χ2v) is 31.0. The number of hydrogen-bond donors (Lipinski definition) is 3. The van der Waals surface area contributed by atoms with Crippen LogP contribution in [0.1, 0.15) is 370 Å². The second kappa shape index (κ2) is 63.5. The van der Waals surface area contributed by atoms with E-state index in [-0.39, 0.29) is 25.7 Å². The van der Waals surface area contributed by atoms with E-state index in [0.29, 0.717) is 25.7 Å². The first-order valence-corrected chi connectivity index (χ1v) is 41.3. The molecule has 0 aliphatic heterocycles. The average Bonchev–Trinajstić information content (AvgIpc) is 2.35. The lowest BCUT2D eigenvalue weighted by Crippen LogP contribution is -2.30. The molecule has 3 N–H and O–H groups in total. The Morgan fingerprint density at radius 2 is 0.516 bits per heavy atom. The molecule has 0 aromatic rings. The van der Waals surface area contributed by atoms with E-state index in [1.54, 1.807) is 0 Å². The number of hydrogen-bond acceptors (Lipinski definition) is 15. The van der Waals surface area contributed by atoms with Crippen LogP contribution in [0.15, 0.2) is 0 Å². The van der Waals surface area contributed by atoms with Crippen LogP contribution in [0.2, 0.25) is 0 Å². The zero-order valence-corrected chi connectivity index (χ0v) is 62.7. The van der Waals surface area contributed by atoms with Crippen molar-refractivity contribution < 1.29 is 80.2 Å². The first-order valence-electron chi connectivity index (χ1n) is 38.3. The maximum absolute atomic E-state index is 13.1. The minimum absolute atomic E-state index is 0.105. The third kappa shape index (κ3) is 65.8. The molecule has 19 heteroatoms. The smallest absolute Gasteiger partial charge is 0.462 e. The molecule has 0 spiro atoms. The maximum Gasteiger partial charge on any atom is 0.472 e. The Kier molecular flexibility index (Phi) is 62.2. The van der Waals surface area contributed by atoms with Crippen molar-refractivity contribution in [2.24, 2.45) is 23.7 Å². The quantitative estimate of drug-likeness (QED) is 0.0222. The van der Waals surface area contributed by atoms with Gasteiger partial charge < -0.3 is 33.8 Å². The number of phosphoric ester groups is 2. The molecule has 0 aliphatic carbocycles. The average molecular weight is 1370 g/mol. The molecule has 0 amide bonds. The van der Waals surface area contributed by atoms with Gasteiger partial charge in [0.05, 0.1) is 26.4 Å². The van der Waals surface area contributed by atoms with Gasteiger partial charge in [-0.15, -0.1) is 0 Å². The molecule has 552 valence electrons. The zero-order chi connectivity index (χ0) is 68.9. The van der Waals surface area contributed by atoms with Gasteiger partial charge in [0, 0.05) is 25.7 Å². The van der Waals surface area contributed by atoms with E-state index >= 15 is 0 Å². The highest BCUT2D eigenvalue weighted by Crippen LogP contribution is 2.45. The summed E-state index contributed by atoms with van der Waals surface area (Å²) in [5.41, 5.74) is 0. The third-order valence-electron chi connectivity index (χ3n) is 17.8. The highest BCUT2D eigenvalue weighted by Gasteiger charge is 2.30. The number of unbranched alkanes of at least 4 members (excludes halogenated alkanes) is 35. The van der Waals surface area contributed by atoms with Crippen LogP contribution in [0.25, 0.3) is 0 Å². The van der Waals surface area contributed by atoms with Crippen LogP contribution in [-0.4, -0.2) is 96.7 Å². The third-order valence-corrected chi connectivity index (χ3v) is 19.7. The van der Waals surface area contributed by atoms with E-state index in [9.17, 15) is 43.2 Å². The summed E-state index contributed by atoms with van der Waals surface area (Å²) >= 11 is 0. The number of carbonyl (C=O) groups is 4. The molecule has 0 aliphatic rings. The second-order valence-electron chi connectivity index (χ2n) is 28.1. The first kappa shape index (κ1) is 91.1. The van der Waals surface area contributed by atoms with Gasteiger partial charge in [-0.3, -0.25) is 37.3 Å². The summed E-state index contributed by atoms with van der Waals surface area (Å²) in [5, 5.41) is 10.6. The summed E-state index contributed by atoms with van der Waals surface area (Å²) in [6.45, 7) is 14.2. The van der Waals surface area contributed by atoms with Crippen molar-refractivity contribution in [3.8, 4) is 0 Å². The fraction of sp³-hybridized carbons (Fsp3) is 0.946. The van der Waals surface area contributed by atoms with Crippen LogP contribution in [0.3, 0.4) is 0 Å². The molecule has 0 rings (SSSR count). The first-order chi connectivity index (χ1) is 44.7. The minimum Gasteiger partial charge on any atom is -0.462 e. The molecular formula is C74H144O17P2. The number of rotatable bonds is 71. The van der Waals surface area contributed by atoms with Gasteiger partial charge in [0.15, 0.2) is 12.2 Å². The topological polar surface area (TPSA) is 237 Å². The Hall–Kier alpha value is -1.94. The predicted octanol–water partition coefficient (Wildman–Crippen LogP) is 21.3. The number of carbonyl (C=O) groups excluding carboxylic acids is 4. The lowest BCUT2D eigenvalue weighted by molar-refractivity contribution is -0.161. The molecule has 0 aromatic heterocycles. The predicted molar refractivity (Wildman–Crippen MR) is 377 cm³/mol. The van der Waals surface area contributed by atoms with Gasteiger partial charge in [-0.2, -0.15) is 0 Å². The van der Waals surface area contributed by atoms with Gasteiger partial charge >= 0.3 is 39.5 Å². The molecule has 0 heterocycles. The minimum atomic E-state index is -4.96. The van der Waals surface area contributed by atoms with E-state index in [1.807, 2.05) is 0 Å². The molecule has 7 atom stereocenters. The van der Waals surface area contributed by atoms with Crippen LogP contribution in [0, 0.1) is 23.7 Å². The van der Waals surface area contributed by atoms with Crippen molar-refractivity contribution in [1.82, 2.24) is 0 Å². The van der Waals surface area contributed by atoms with E-state index in [2.05, 4.69) is 55.4 Å². The Bertz CT molecular complexity index is 1840. The van der Waals surface area contributed by atoms with Crippen molar-refractivity contribution in [2.45, 2.75) is 388 Å². The molecule has 0 radical (unpaired) electrons. The fourth-order valence-corrected chi connectivity index (χ4v) is 12.7. The fourth-order valence-electron chi connectivity index (χ4n) is 11.1. The number of phosphoric acid groups is 2. The molecule has 0 saturated heterocycles. The largest absolute Gasteiger partial charge is 0.472 e. The van der Waals surface area contributed by atoms with Gasteiger partial charge in [-0.25, -0.2) is 9.13 Å². The van der Waals surface area contributed by atoms with Crippen molar-refractivity contribution >= 4 is 39.5 Å². The molecule has 0 bridgehead atoms. The van der Waals surface area contributed by atoms with Gasteiger partial charge in [0.25, 0.3) is 0 Å². The van der Waals surface area contributed by atoms with Gasteiger partial charge in [0.1, 0.15) is 19.3 Å². The summed E-state index contributed by atoms with van der Waals surface area (Å²) in [7, 11) is -9.91. The highest BCUT2D eigenvalue weighted by atomic mass is 31.2. The molecule has 17 nitrogen and oxygen atoms in total.